The summed E-state index contributed by atoms with van der Waals surface area (Å²) in [6, 6.07) is 14.6. The fourth-order valence-electron chi connectivity index (χ4n) is 3.61. The van der Waals surface area contributed by atoms with E-state index in [0.717, 1.165) is 48.6 Å². The van der Waals surface area contributed by atoms with Crippen molar-refractivity contribution in [3.8, 4) is 11.3 Å². The minimum absolute atomic E-state index is 0.0540. The molecule has 1 aromatic heterocycles. The fraction of sp³-hybridized carbons (Fsp3) is 0.238. The molecule has 0 saturated heterocycles. The smallest absolute Gasteiger partial charge is 0.323 e. The van der Waals surface area contributed by atoms with Crippen LogP contribution in [0.5, 0.6) is 0 Å². The molecule has 2 heterocycles. The maximum absolute atomic E-state index is 12.8. The van der Waals surface area contributed by atoms with Crippen molar-refractivity contribution in [2.45, 2.75) is 32.1 Å². The second-order valence-electron chi connectivity index (χ2n) is 6.81. The zero-order chi connectivity index (χ0) is 19.7. The maximum atomic E-state index is 12.8. The lowest BCUT2D eigenvalue weighted by molar-refractivity contribution is -0.690. The van der Waals surface area contributed by atoms with Crippen molar-refractivity contribution in [1.82, 2.24) is 4.57 Å². The molecule has 1 aliphatic rings. The molecule has 144 valence electrons. The van der Waals surface area contributed by atoms with Crippen LogP contribution in [0, 0.1) is 0 Å². The zero-order valence-corrected chi connectivity index (χ0v) is 15.0. The van der Waals surface area contributed by atoms with Gasteiger partial charge in [-0.1, -0.05) is 36.4 Å². The lowest BCUT2D eigenvalue weighted by Crippen LogP contribution is -2.42. The van der Waals surface area contributed by atoms with Crippen molar-refractivity contribution in [2.75, 3.05) is 5.32 Å². The Hall–Kier alpha value is -3.09. The van der Waals surface area contributed by atoms with Gasteiger partial charge < -0.3 is 5.32 Å². The van der Waals surface area contributed by atoms with Gasteiger partial charge >= 0.3 is 6.18 Å². The Morgan fingerprint density at radius 2 is 1.89 bits per heavy atom. The minimum Gasteiger partial charge on any atom is -0.323 e. The predicted octanol–water partition coefficient (Wildman–Crippen LogP) is 4.05. The average molecular weight is 386 g/mol. The summed E-state index contributed by atoms with van der Waals surface area (Å²) in [5.41, 5.74) is 1.47. The average Bonchev–Trinajstić information content (AvgIpc) is 3.26. The number of carbonyl (C=O) groups is 1. The van der Waals surface area contributed by atoms with Crippen molar-refractivity contribution in [3.63, 3.8) is 0 Å². The summed E-state index contributed by atoms with van der Waals surface area (Å²) in [7, 11) is 0. The number of aromatic nitrogens is 2. The van der Waals surface area contributed by atoms with E-state index in [1.54, 1.807) is 0 Å². The van der Waals surface area contributed by atoms with E-state index < -0.39 is 11.7 Å². The standard InChI is InChI=1S/C21H18F3N3O/c22-21(23,24)16-8-4-9-17(12-16)25-19(28)14-26-13-18(15-6-2-1-3-7-15)27-11-5-10-20(26)27/h1-4,6-9,12-13H,5,10-11,14H2/p+1. The molecule has 28 heavy (non-hydrogen) atoms. The van der Waals surface area contributed by atoms with Crippen molar-refractivity contribution >= 4 is 11.6 Å². The van der Waals surface area contributed by atoms with E-state index in [1.165, 1.54) is 12.1 Å². The molecule has 0 radical (unpaired) electrons. The van der Waals surface area contributed by atoms with Crippen molar-refractivity contribution in [1.29, 1.82) is 0 Å². The Bertz CT molecular complexity index is 1010. The highest BCUT2D eigenvalue weighted by atomic mass is 19.4. The summed E-state index contributed by atoms with van der Waals surface area (Å²) in [5, 5.41) is 2.57. The monoisotopic (exact) mass is 386 g/mol. The molecule has 3 aromatic rings. The van der Waals surface area contributed by atoms with Gasteiger partial charge in [-0.3, -0.25) is 4.79 Å². The van der Waals surface area contributed by atoms with Crippen LogP contribution in [0.3, 0.4) is 0 Å². The van der Waals surface area contributed by atoms with Crippen LogP contribution < -0.4 is 9.88 Å². The Morgan fingerprint density at radius 3 is 2.64 bits per heavy atom. The first kappa shape index (κ1) is 18.3. The van der Waals surface area contributed by atoms with Crippen LogP contribution >= 0.6 is 0 Å². The van der Waals surface area contributed by atoms with Gasteiger partial charge in [0.1, 0.15) is 6.20 Å². The normalized spacial score (nSPS) is 13.4. The number of halogens is 3. The molecule has 7 heteroatoms. The van der Waals surface area contributed by atoms with Gasteiger partial charge in [0.2, 0.25) is 0 Å². The molecule has 0 saturated carbocycles. The zero-order valence-electron chi connectivity index (χ0n) is 15.0. The quantitative estimate of drug-likeness (QED) is 0.675. The Kier molecular flexibility index (Phi) is 4.66. The van der Waals surface area contributed by atoms with Gasteiger partial charge in [-0.2, -0.15) is 13.2 Å². The van der Waals surface area contributed by atoms with Gasteiger partial charge in [0, 0.05) is 11.3 Å². The number of rotatable bonds is 4. The fourth-order valence-corrected chi connectivity index (χ4v) is 3.61. The SMILES string of the molecule is O=C(C[n+]1cc(-c2ccccc2)n2c1CCC2)Nc1cccc(C(F)(F)F)c1. The number of hydrogen-bond donors (Lipinski definition) is 1. The van der Waals surface area contributed by atoms with E-state index in [2.05, 4.69) is 9.88 Å². The number of benzene rings is 2. The number of anilines is 1. The van der Waals surface area contributed by atoms with Crippen LogP contribution in [0.25, 0.3) is 11.3 Å². The van der Waals surface area contributed by atoms with Gasteiger partial charge in [-0.15, -0.1) is 0 Å². The number of alkyl halides is 3. The third-order valence-electron chi connectivity index (χ3n) is 4.85. The molecule has 0 bridgehead atoms. The highest BCUT2D eigenvalue weighted by Crippen LogP contribution is 2.30. The summed E-state index contributed by atoms with van der Waals surface area (Å²) >= 11 is 0. The molecule has 1 N–H and O–H groups in total. The third kappa shape index (κ3) is 3.65. The van der Waals surface area contributed by atoms with Gasteiger partial charge in [0.05, 0.1) is 18.5 Å². The topological polar surface area (TPSA) is 37.9 Å². The molecule has 0 unspecified atom stereocenters. The van der Waals surface area contributed by atoms with E-state index in [1.807, 2.05) is 41.1 Å². The Balaban J connectivity index is 1.55. The van der Waals surface area contributed by atoms with E-state index >= 15 is 0 Å². The minimum atomic E-state index is -4.44. The highest BCUT2D eigenvalue weighted by Gasteiger charge is 2.31. The van der Waals surface area contributed by atoms with Crippen LogP contribution in [-0.2, 0) is 30.5 Å². The molecule has 4 nitrogen and oxygen atoms in total. The first-order chi connectivity index (χ1) is 13.4. The van der Waals surface area contributed by atoms with Gasteiger partial charge in [0.25, 0.3) is 11.7 Å². The second-order valence-corrected chi connectivity index (χ2v) is 6.81. The molecule has 2 aromatic carbocycles. The molecular weight excluding hydrogens is 367 g/mol. The van der Waals surface area contributed by atoms with Crippen LogP contribution in [-0.4, -0.2) is 10.5 Å². The van der Waals surface area contributed by atoms with Gasteiger partial charge in [-0.05, 0) is 24.6 Å². The number of hydrogen-bond acceptors (Lipinski definition) is 1. The first-order valence-corrected chi connectivity index (χ1v) is 9.06. The lowest BCUT2D eigenvalue weighted by Gasteiger charge is -2.09. The number of nitrogens with zero attached hydrogens (tertiary/aromatic N) is 2. The summed E-state index contributed by atoms with van der Waals surface area (Å²) in [6.45, 7) is 0.945. The van der Waals surface area contributed by atoms with Gasteiger partial charge in [-0.25, -0.2) is 9.13 Å². The molecule has 0 atom stereocenters. The summed E-state index contributed by atoms with van der Waals surface area (Å²) in [6.07, 6.45) is -0.631. The van der Waals surface area contributed by atoms with Crippen LogP contribution in [0.4, 0.5) is 18.9 Å². The van der Waals surface area contributed by atoms with Crippen molar-refractivity contribution in [3.05, 3.63) is 72.2 Å². The lowest BCUT2D eigenvalue weighted by atomic mass is 10.2. The largest absolute Gasteiger partial charge is 0.416 e. The second kappa shape index (κ2) is 7.14. The molecular formula is C21H19F3N3O+. The molecule has 1 amide bonds. The molecule has 0 spiro atoms. The Labute approximate surface area is 160 Å². The van der Waals surface area contributed by atoms with Crippen LogP contribution in [0.15, 0.2) is 60.8 Å². The number of fused-ring (bicyclic) bond motifs is 1. The number of carbonyl (C=O) groups excluding carboxylic acids is 1. The van der Waals surface area contributed by atoms with Crippen molar-refractivity contribution in [2.24, 2.45) is 0 Å². The number of nitrogens with one attached hydrogen (secondary N) is 1. The van der Waals surface area contributed by atoms with Gasteiger partial charge in [0.15, 0.2) is 12.2 Å². The molecule has 0 aliphatic carbocycles. The van der Waals surface area contributed by atoms with Crippen LogP contribution in [0.2, 0.25) is 0 Å². The van der Waals surface area contributed by atoms with E-state index in [0.29, 0.717) is 0 Å². The number of amides is 1. The maximum Gasteiger partial charge on any atom is 0.416 e. The first-order valence-electron chi connectivity index (χ1n) is 9.06. The third-order valence-corrected chi connectivity index (χ3v) is 4.85. The van der Waals surface area contributed by atoms with Crippen LogP contribution in [0.1, 0.15) is 17.8 Å². The Morgan fingerprint density at radius 1 is 1.11 bits per heavy atom. The predicted molar refractivity (Wildman–Crippen MR) is 98.5 cm³/mol. The van der Waals surface area contributed by atoms with E-state index in [9.17, 15) is 18.0 Å². The summed E-state index contributed by atoms with van der Waals surface area (Å²) in [5.74, 6) is 0.697. The highest BCUT2D eigenvalue weighted by molar-refractivity contribution is 5.89. The van der Waals surface area contributed by atoms with Crippen molar-refractivity contribution < 1.29 is 22.5 Å². The summed E-state index contributed by atoms with van der Waals surface area (Å²) in [4.78, 5) is 12.5. The van der Waals surface area contributed by atoms with E-state index in [4.69, 9.17) is 0 Å². The molecule has 4 rings (SSSR count). The summed E-state index contributed by atoms with van der Waals surface area (Å²) < 4.78 is 42.6. The molecule has 1 aliphatic heterocycles. The molecule has 0 fully saturated rings. The number of imidazole rings is 1. The van der Waals surface area contributed by atoms with E-state index in [-0.39, 0.29) is 18.1 Å².